The molecule has 0 saturated heterocycles. The van der Waals surface area contributed by atoms with Crippen LogP contribution in [0.4, 0.5) is 14.5 Å². The summed E-state index contributed by atoms with van der Waals surface area (Å²) >= 11 is 7.32. The van der Waals surface area contributed by atoms with Gasteiger partial charge in [0.25, 0.3) is 5.91 Å². The Morgan fingerprint density at radius 2 is 1.80 bits per heavy atom. The number of anilines is 1. The van der Waals surface area contributed by atoms with Gasteiger partial charge in [0, 0.05) is 10.5 Å². The summed E-state index contributed by atoms with van der Waals surface area (Å²) in [5.74, 6) is -2.48. The lowest BCUT2D eigenvalue weighted by molar-refractivity contribution is -0.154. The number of hydrogen-bond acceptors (Lipinski definition) is 4. The molecule has 0 saturated carbocycles. The number of carbonyl (C=O) groups excluding carboxylic acids is 2. The molecule has 2 aromatic rings. The average Bonchev–Trinajstić information content (AvgIpc) is 2.60. The largest absolute Gasteiger partial charge is 0.459 e. The van der Waals surface area contributed by atoms with Crippen LogP contribution in [0, 0.1) is 17.6 Å². The van der Waals surface area contributed by atoms with Crippen molar-refractivity contribution in [3.05, 3.63) is 58.6 Å². The highest BCUT2D eigenvalue weighted by atomic mass is 35.5. The van der Waals surface area contributed by atoms with Crippen molar-refractivity contribution in [1.82, 2.24) is 0 Å². The number of carbonyl (C=O) groups is 2. The first-order valence-electron chi connectivity index (χ1n) is 9.33. The quantitative estimate of drug-likeness (QED) is 0.408. The Kier molecular flexibility index (Phi) is 7.88. The zero-order valence-corrected chi connectivity index (χ0v) is 19.0. The number of thioether (sulfide) groups is 1. The monoisotopic (exact) mass is 455 g/mol. The lowest BCUT2D eigenvalue weighted by atomic mass is 10.1. The first-order valence-corrected chi connectivity index (χ1v) is 10.6. The predicted octanol–water partition coefficient (Wildman–Crippen LogP) is 6.33. The van der Waals surface area contributed by atoms with Crippen molar-refractivity contribution in [3.8, 4) is 0 Å². The van der Waals surface area contributed by atoms with Crippen molar-refractivity contribution in [2.24, 2.45) is 5.92 Å². The van der Waals surface area contributed by atoms with Crippen LogP contribution < -0.4 is 5.32 Å². The molecule has 1 unspecified atom stereocenters. The van der Waals surface area contributed by atoms with Gasteiger partial charge in [-0.2, -0.15) is 0 Å². The van der Waals surface area contributed by atoms with Gasteiger partial charge < -0.3 is 10.1 Å². The molecule has 162 valence electrons. The summed E-state index contributed by atoms with van der Waals surface area (Å²) < 4.78 is 33.2. The van der Waals surface area contributed by atoms with E-state index in [2.05, 4.69) is 5.32 Å². The van der Waals surface area contributed by atoms with Crippen LogP contribution in [0.1, 0.15) is 45.0 Å². The van der Waals surface area contributed by atoms with Gasteiger partial charge in [0.1, 0.15) is 22.5 Å². The number of rotatable bonds is 6. The molecule has 0 aliphatic rings. The Hall–Kier alpha value is -2.12. The minimum absolute atomic E-state index is 0.0485. The van der Waals surface area contributed by atoms with Crippen molar-refractivity contribution >= 4 is 40.9 Å². The summed E-state index contributed by atoms with van der Waals surface area (Å²) in [4.78, 5) is 25.4. The highest BCUT2D eigenvalue weighted by molar-refractivity contribution is 8.00. The van der Waals surface area contributed by atoms with Crippen molar-refractivity contribution < 1.29 is 23.1 Å². The smallest absolute Gasteiger partial charge is 0.320 e. The minimum Gasteiger partial charge on any atom is -0.459 e. The van der Waals surface area contributed by atoms with Gasteiger partial charge in [-0.1, -0.05) is 31.5 Å². The minimum atomic E-state index is -0.743. The Bertz CT molecular complexity index is 944. The molecule has 1 atom stereocenters. The zero-order chi connectivity index (χ0) is 22.6. The number of ether oxygens (including phenoxy) is 1. The third kappa shape index (κ3) is 6.71. The van der Waals surface area contributed by atoms with Crippen LogP contribution in [-0.2, 0) is 9.53 Å². The lowest BCUT2D eigenvalue weighted by Crippen LogP contribution is -2.33. The van der Waals surface area contributed by atoms with Gasteiger partial charge in [0.05, 0.1) is 10.7 Å². The summed E-state index contributed by atoms with van der Waals surface area (Å²) in [6, 6.07) is 7.49. The van der Waals surface area contributed by atoms with Crippen LogP contribution >= 0.6 is 23.4 Å². The third-order valence-electron chi connectivity index (χ3n) is 3.86. The molecule has 0 radical (unpaired) electrons. The number of nitrogens with one attached hydrogen (secondary N) is 1. The molecule has 0 aromatic heterocycles. The maximum Gasteiger partial charge on any atom is 0.320 e. The van der Waals surface area contributed by atoms with E-state index in [0.717, 1.165) is 23.9 Å². The standard InChI is InChI=1S/C22H24ClF2NO3S/c1-12(2)19(21(28)29-22(3,4)5)30-18-11-17(16(25)10-15(18)23)26-20(27)13-7-6-8-14(24)9-13/h6-12,19H,1-5H3,(H,26,27). The van der Waals surface area contributed by atoms with Crippen molar-refractivity contribution in [3.63, 3.8) is 0 Å². The maximum atomic E-state index is 14.4. The number of hydrogen-bond donors (Lipinski definition) is 1. The van der Waals surface area contributed by atoms with E-state index in [0.29, 0.717) is 4.90 Å². The van der Waals surface area contributed by atoms with Crippen LogP contribution in [0.25, 0.3) is 0 Å². The molecule has 0 aliphatic carbocycles. The van der Waals surface area contributed by atoms with E-state index >= 15 is 0 Å². The second-order valence-electron chi connectivity index (χ2n) is 8.04. The predicted molar refractivity (Wildman–Crippen MR) is 116 cm³/mol. The van der Waals surface area contributed by atoms with Gasteiger partial charge in [0.2, 0.25) is 0 Å². The molecule has 8 heteroatoms. The SMILES string of the molecule is CC(C)C(Sc1cc(NC(=O)c2cccc(F)c2)c(F)cc1Cl)C(=O)OC(C)(C)C. The molecule has 0 bridgehead atoms. The molecule has 1 N–H and O–H groups in total. The highest BCUT2D eigenvalue weighted by Crippen LogP contribution is 2.37. The fourth-order valence-electron chi connectivity index (χ4n) is 2.49. The van der Waals surface area contributed by atoms with Gasteiger partial charge in [-0.3, -0.25) is 9.59 Å². The van der Waals surface area contributed by atoms with Crippen molar-refractivity contribution in [2.45, 2.75) is 50.4 Å². The summed E-state index contributed by atoms with van der Waals surface area (Å²) in [5, 5.41) is 1.95. The van der Waals surface area contributed by atoms with Gasteiger partial charge in [-0.05, 0) is 57.0 Å². The molecule has 30 heavy (non-hydrogen) atoms. The second kappa shape index (κ2) is 9.79. The Morgan fingerprint density at radius 3 is 2.37 bits per heavy atom. The van der Waals surface area contributed by atoms with E-state index in [1.807, 2.05) is 13.8 Å². The molecule has 0 heterocycles. The van der Waals surface area contributed by atoms with E-state index in [1.165, 1.54) is 24.3 Å². The number of amides is 1. The zero-order valence-electron chi connectivity index (χ0n) is 17.4. The summed E-state index contributed by atoms with van der Waals surface area (Å²) in [7, 11) is 0. The van der Waals surface area contributed by atoms with E-state index in [9.17, 15) is 18.4 Å². The Morgan fingerprint density at radius 1 is 1.13 bits per heavy atom. The molecule has 0 spiro atoms. The van der Waals surface area contributed by atoms with Gasteiger partial charge in [-0.15, -0.1) is 11.8 Å². The second-order valence-corrected chi connectivity index (χ2v) is 9.63. The van der Waals surface area contributed by atoms with Crippen LogP contribution in [0.3, 0.4) is 0 Å². The lowest BCUT2D eigenvalue weighted by Gasteiger charge is -2.26. The summed E-state index contributed by atoms with van der Waals surface area (Å²) in [6.07, 6.45) is 0. The molecule has 1 amide bonds. The fourth-order valence-corrected chi connectivity index (χ4v) is 3.82. The molecule has 4 nitrogen and oxygen atoms in total. The van der Waals surface area contributed by atoms with Crippen molar-refractivity contribution in [2.75, 3.05) is 5.32 Å². The van der Waals surface area contributed by atoms with Crippen LogP contribution in [0.15, 0.2) is 41.3 Å². The maximum absolute atomic E-state index is 14.4. The van der Waals surface area contributed by atoms with E-state index < -0.39 is 34.4 Å². The fraction of sp³-hybridized carbons (Fsp3) is 0.364. The number of benzene rings is 2. The Balaban J connectivity index is 2.28. The molecule has 0 fully saturated rings. The van der Waals surface area contributed by atoms with E-state index in [-0.39, 0.29) is 22.2 Å². The average molecular weight is 456 g/mol. The van der Waals surface area contributed by atoms with E-state index in [4.69, 9.17) is 16.3 Å². The first-order chi connectivity index (χ1) is 13.9. The molecular weight excluding hydrogens is 432 g/mol. The van der Waals surface area contributed by atoms with Gasteiger partial charge in [-0.25, -0.2) is 8.78 Å². The van der Waals surface area contributed by atoms with Crippen LogP contribution in [-0.4, -0.2) is 22.7 Å². The number of halogens is 3. The van der Waals surface area contributed by atoms with Gasteiger partial charge in [0.15, 0.2) is 0 Å². The summed E-state index contributed by atoms with van der Waals surface area (Å²) in [6.45, 7) is 9.06. The van der Waals surface area contributed by atoms with Crippen LogP contribution in [0.2, 0.25) is 5.02 Å². The molecular formula is C22H24ClF2NO3S. The van der Waals surface area contributed by atoms with E-state index in [1.54, 1.807) is 20.8 Å². The van der Waals surface area contributed by atoms with Gasteiger partial charge >= 0.3 is 5.97 Å². The molecule has 2 rings (SSSR count). The topological polar surface area (TPSA) is 55.4 Å². The molecule has 2 aromatic carbocycles. The summed E-state index contributed by atoms with van der Waals surface area (Å²) in [5.41, 5.74) is -0.725. The Labute approximate surface area is 184 Å². The number of esters is 1. The highest BCUT2D eigenvalue weighted by Gasteiger charge is 2.30. The normalized spacial score (nSPS) is 12.6. The van der Waals surface area contributed by atoms with Crippen molar-refractivity contribution in [1.29, 1.82) is 0 Å². The van der Waals surface area contributed by atoms with Crippen LogP contribution in [0.5, 0.6) is 0 Å². The third-order valence-corrected chi connectivity index (χ3v) is 5.86. The molecule has 0 aliphatic heterocycles. The first kappa shape index (κ1) is 24.2.